The van der Waals surface area contributed by atoms with Crippen molar-refractivity contribution in [1.29, 1.82) is 0 Å². The fraction of sp³-hybridized carbons (Fsp3) is 0.286. The minimum atomic E-state index is -4.60. The molecule has 0 aliphatic heterocycles. The zero-order valence-corrected chi connectivity index (χ0v) is 6.96. The number of aromatic nitrogens is 2. The topological polar surface area (TPSA) is 63.1 Å². The minimum Gasteiger partial charge on any atom is -0.476 e. The fourth-order valence-corrected chi connectivity index (χ4v) is 0.835. The van der Waals surface area contributed by atoms with Gasteiger partial charge in [0.05, 0.1) is 0 Å². The van der Waals surface area contributed by atoms with Crippen LogP contribution in [-0.2, 0) is 6.18 Å². The second-order valence-corrected chi connectivity index (χ2v) is 2.56. The lowest BCUT2D eigenvalue weighted by Gasteiger charge is -2.05. The normalized spacial score (nSPS) is 11.4. The van der Waals surface area contributed by atoms with Crippen molar-refractivity contribution in [1.82, 2.24) is 10.2 Å². The second kappa shape index (κ2) is 3.24. The number of aromatic carboxylic acids is 1. The maximum absolute atomic E-state index is 12.1. The number of nitrogens with zero attached hydrogens (tertiary/aromatic N) is 2. The van der Waals surface area contributed by atoms with Crippen LogP contribution in [0.15, 0.2) is 6.07 Å². The van der Waals surface area contributed by atoms with Crippen LogP contribution in [0, 0.1) is 6.92 Å². The number of carbonyl (C=O) groups is 1. The van der Waals surface area contributed by atoms with Crippen molar-refractivity contribution in [3.05, 3.63) is 23.0 Å². The van der Waals surface area contributed by atoms with E-state index in [4.69, 9.17) is 5.11 Å². The smallest absolute Gasteiger partial charge is 0.435 e. The third kappa shape index (κ3) is 1.98. The minimum absolute atomic E-state index is 0.0696. The van der Waals surface area contributed by atoms with Gasteiger partial charge in [0.1, 0.15) is 0 Å². The molecule has 0 spiro atoms. The van der Waals surface area contributed by atoms with Gasteiger partial charge in [-0.05, 0) is 18.6 Å². The van der Waals surface area contributed by atoms with Crippen LogP contribution in [0.25, 0.3) is 0 Å². The SMILES string of the molecule is Cc1cc(C(F)(F)F)nnc1C(=O)O. The maximum Gasteiger partial charge on any atom is 0.435 e. The lowest BCUT2D eigenvalue weighted by molar-refractivity contribution is -0.141. The molecule has 1 N–H and O–H groups in total. The molecule has 0 bridgehead atoms. The van der Waals surface area contributed by atoms with Crippen molar-refractivity contribution in [2.75, 3.05) is 0 Å². The molecule has 0 unspecified atom stereocenters. The fourth-order valence-electron chi connectivity index (χ4n) is 0.835. The molecule has 0 aromatic carbocycles. The highest BCUT2D eigenvalue weighted by Gasteiger charge is 2.33. The maximum atomic E-state index is 12.1. The molecule has 1 aromatic heterocycles. The van der Waals surface area contributed by atoms with Crippen LogP contribution in [-0.4, -0.2) is 21.3 Å². The van der Waals surface area contributed by atoms with E-state index in [9.17, 15) is 18.0 Å². The Labute approximate surface area is 76.4 Å². The van der Waals surface area contributed by atoms with Crippen LogP contribution in [0.1, 0.15) is 21.7 Å². The molecule has 7 heteroatoms. The molecular weight excluding hydrogens is 201 g/mol. The highest BCUT2D eigenvalue weighted by Crippen LogP contribution is 2.27. The zero-order chi connectivity index (χ0) is 10.9. The number of hydrogen-bond acceptors (Lipinski definition) is 3. The quantitative estimate of drug-likeness (QED) is 0.756. The van der Waals surface area contributed by atoms with Crippen molar-refractivity contribution >= 4 is 5.97 Å². The largest absolute Gasteiger partial charge is 0.476 e. The summed E-state index contributed by atoms with van der Waals surface area (Å²) in [6.45, 7) is 1.23. The van der Waals surface area contributed by atoms with Gasteiger partial charge < -0.3 is 5.11 Å². The Balaban J connectivity index is 3.20. The van der Waals surface area contributed by atoms with Crippen LogP contribution in [0.3, 0.4) is 0 Å². The molecule has 1 heterocycles. The van der Waals surface area contributed by atoms with Crippen molar-refractivity contribution in [2.24, 2.45) is 0 Å². The predicted octanol–water partition coefficient (Wildman–Crippen LogP) is 1.50. The molecule has 0 amide bonds. The molecule has 0 aliphatic rings. The standard InChI is InChI=1S/C7H5F3N2O2/c1-3-2-4(7(8,9)10)11-12-5(3)6(13)14/h2H,1H3,(H,13,14). The lowest BCUT2D eigenvalue weighted by atomic mass is 10.2. The summed E-state index contributed by atoms with van der Waals surface area (Å²) >= 11 is 0. The van der Waals surface area contributed by atoms with Crippen molar-refractivity contribution in [3.63, 3.8) is 0 Å². The molecule has 0 saturated carbocycles. The monoisotopic (exact) mass is 206 g/mol. The van der Waals surface area contributed by atoms with Gasteiger partial charge in [-0.25, -0.2) is 4.79 Å². The van der Waals surface area contributed by atoms with Gasteiger partial charge in [0.15, 0.2) is 11.4 Å². The van der Waals surface area contributed by atoms with Crippen LogP contribution in [0.5, 0.6) is 0 Å². The summed E-state index contributed by atoms with van der Waals surface area (Å²) in [5, 5.41) is 14.2. The molecular formula is C7H5F3N2O2. The van der Waals surface area contributed by atoms with E-state index in [1.165, 1.54) is 6.92 Å². The summed E-state index contributed by atoms with van der Waals surface area (Å²) < 4.78 is 36.2. The molecule has 4 nitrogen and oxygen atoms in total. The number of halogens is 3. The van der Waals surface area contributed by atoms with Gasteiger partial charge in [-0.3, -0.25) is 0 Å². The van der Waals surface area contributed by atoms with Gasteiger partial charge in [0.2, 0.25) is 0 Å². The summed E-state index contributed by atoms with van der Waals surface area (Å²) in [6.07, 6.45) is -4.60. The molecule has 76 valence electrons. The number of aryl methyl sites for hydroxylation is 1. The first-order valence-corrected chi connectivity index (χ1v) is 3.47. The van der Waals surface area contributed by atoms with Crippen LogP contribution in [0.4, 0.5) is 13.2 Å². The summed E-state index contributed by atoms with van der Waals surface area (Å²) in [6, 6.07) is 0.649. The number of carboxylic acids is 1. The Bertz CT molecular complexity index is 376. The highest BCUT2D eigenvalue weighted by atomic mass is 19.4. The van der Waals surface area contributed by atoms with E-state index >= 15 is 0 Å². The molecule has 0 radical (unpaired) electrons. The third-order valence-electron chi connectivity index (χ3n) is 1.48. The Morgan fingerprint density at radius 3 is 2.36 bits per heavy atom. The number of rotatable bonds is 1. The second-order valence-electron chi connectivity index (χ2n) is 2.56. The van der Waals surface area contributed by atoms with Gasteiger partial charge in [-0.2, -0.15) is 13.2 Å². The van der Waals surface area contributed by atoms with E-state index in [0.29, 0.717) is 6.07 Å². The average Bonchev–Trinajstić information content (AvgIpc) is 2.01. The molecule has 0 aliphatic carbocycles. The molecule has 14 heavy (non-hydrogen) atoms. The van der Waals surface area contributed by atoms with Crippen molar-refractivity contribution < 1.29 is 23.1 Å². The van der Waals surface area contributed by atoms with E-state index in [1.807, 2.05) is 0 Å². The first-order chi connectivity index (χ1) is 6.32. The summed E-state index contributed by atoms with van der Waals surface area (Å²) in [5.74, 6) is -1.40. The molecule has 0 saturated heterocycles. The summed E-state index contributed by atoms with van der Waals surface area (Å²) in [7, 11) is 0. The average molecular weight is 206 g/mol. The van der Waals surface area contributed by atoms with Crippen LogP contribution in [0.2, 0.25) is 0 Å². The number of alkyl halides is 3. The Hall–Kier alpha value is -1.66. The van der Waals surface area contributed by atoms with E-state index in [1.54, 1.807) is 0 Å². The van der Waals surface area contributed by atoms with Crippen LogP contribution < -0.4 is 0 Å². The molecule has 1 aromatic rings. The van der Waals surface area contributed by atoms with Crippen molar-refractivity contribution in [2.45, 2.75) is 13.1 Å². The van der Waals surface area contributed by atoms with Gasteiger partial charge in [-0.1, -0.05) is 0 Å². The third-order valence-corrected chi connectivity index (χ3v) is 1.48. The predicted molar refractivity (Wildman–Crippen MR) is 38.7 cm³/mol. The van der Waals surface area contributed by atoms with Crippen LogP contribution >= 0.6 is 0 Å². The first-order valence-electron chi connectivity index (χ1n) is 3.47. The Kier molecular flexibility index (Phi) is 2.41. The lowest BCUT2D eigenvalue weighted by Crippen LogP contribution is -2.13. The van der Waals surface area contributed by atoms with E-state index in [-0.39, 0.29) is 5.56 Å². The Morgan fingerprint density at radius 2 is 2.00 bits per heavy atom. The van der Waals surface area contributed by atoms with E-state index < -0.39 is 23.5 Å². The molecule has 1 rings (SSSR count). The van der Waals surface area contributed by atoms with Crippen molar-refractivity contribution in [3.8, 4) is 0 Å². The first kappa shape index (κ1) is 10.4. The molecule has 0 fully saturated rings. The Morgan fingerprint density at radius 1 is 1.43 bits per heavy atom. The summed E-state index contributed by atoms with van der Waals surface area (Å²) in [5.41, 5.74) is -1.74. The van der Waals surface area contributed by atoms with E-state index in [2.05, 4.69) is 10.2 Å². The zero-order valence-electron chi connectivity index (χ0n) is 6.96. The highest BCUT2D eigenvalue weighted by molar-refractivity contribution is 5.86. The number of hydrogen-bond donors (Lipinski definition) is 1. The molecule has 0 atom stereocenters. The number of carboxylic acid groups (broad SMARTS) is 1. The van der Waals surface area contributed by atoms with Gasteiger partial charge >= 0.3 is 12.1 Å². The van der Waals surface area contributed by atoms with Gasteiger partial charge in [-0.15, -0.1) is 10.2 Å². The summed E-state index contributed by atoms with van der Waals surface area (Å²) in [4.78, 5) is 10.4. The van der Waals surface area contributed by atoms with Gasteiger partial charge in [0, 0.05) is 0 Å². The van der Waals surface area contributed by atoms with Gasteiger partial charge in [0.25, 0.3) is 0 Å². The van der Waals surface area contributed by atoms with E-state index in [0.717, 1.165) is 0 Å².